The van der Waals surface area contributed by atoms with Crippen LogP contribution >= 0.6 is 0 Å². The van der Waals surface area contributed by atoms with Gasteiger partial charge in [0.25, 0.3) is 5.91 Å². The standard InChI is InChI=1S/C20H22N2O/c23-20(22-12-10-17-6-2-4-8-19(17)14-22)15-21-11-9-16-5-1-3-7-18(16)13-21/h1-8H,9-15H2/p+1. The SMILES string of the molecule is O=C(C[NH+]1CCc2ccccc2C1)N1CCc2ccccc2C1. The predicted octanol–water partition coefficient (Wildman–Crippen LogP) is 1.21. The minimum atomic E-state index is 0.300. The zero-order chi connectivity index (χ0) is 15.6. The van der Waals surface area contributed by atoms with Crippen molar-refractivity contribution in [2.75, 3.05) is 19.6 Å². The molecule has 0 radical (unpaired) electrons. The lowest BCUT2D eigenvalue weighted by Crippen LogP contribution is -3.12. The smallest absolute Gasteiger partial charge is 0.278 e. The molecule has 0 spiro atoms. The van der Waals surface area contributed by atoms with Crippen molar-refractivity contribution in [1.29, 1.82) is 0 Å². The molecule has 0 aromatic heterocycles. The summed E-state index contributed by atoms with van der Waals surface area (Å²) in [6.45, 7) is 4.30. The van der Waals surface area contributed by atoms with Gasteiger partial charge < -0.3 is 9.80 Å². The molecule has 2 aromatic rings. The molecule has 118 valence electrons. The number of rotatable bonds is 2. The molecule has 3 heteroatoms. The summed E-state index contributed by atoms with van der Waals surface area (Å²) >= 11 is 0. The maximum absolute atomic E-state index is 12.7. The van der Waals surface area contributed by atoms with Crippen LogP contribution < -0.4 is 4.90 Å². The second-order valence-corrected chi connectivity index (χ2v) is 6.71. The van der Waals surface area contributed by atoms with E-state index in [1.165, 1.54) is 27.2 Å². The molecule has 2 aliphatic heterocycles. The van der Waals surface area contributed by atoms with E-state index in [-0.39, 0.29) is 0 Å². The highest BCUT2D eigenvalue weighted by Gasteiger charge is 2.26. The van der Waals surface area contributed by atoms with Crippen molar-refractivity contribution in [3.05, 3.63) is 70.8 Å². The van der Waals surface area contributed by atoms with Crippen LogP contribution in [0.2, 0.25) is 0 Å². The Kier molecular flexibility index (Phi) is 3.88. The lowest BCUT2D eigenvalue weighted by molar-refractivity contribution is -0.908. The first-order valence-corrected chi connectivity index (χ1v) is 8.54. The van der Waals surface area contributed by atoms with E-state index in [4.69, 9.17) is 0 Å². The topological polar surface area (TPSA) is 24.8 Å². The molecule has 3 nitrogen and oxygen atoms in total. The summed E-state index contributed by atoms with van der Waals surface area (Å²) in [6.07, 6.45) is 2.07. The van der Waals surface area contributed by atoms with E-state index in [2.05, 4.69) is 48.5 Å². The lowest BCUT2D eigenvalue weighted by Gasteiger charge is -2.31. The molecule has 0 fully saturated rings. The van der Waals surface area contributed by atoms with Crippen LogP contribution in [0.5, 0.6) is 0 Å². The van der Waals surface area contributed by atoms with Gasteiger partial charge in [0.1, 0.15) is 6.54 Å². The first-order chi connectivity index (χ1) is 11.3. The van der Waals surface area contributed by atoms with Gasteiger partial charge in [0.15, 0.2) is 6.54 Å². The van der Waals surface area contributed by atoms with E-state index in [1.54, 1.807) is 0 Å². The summed E-state index contributed by atoms with van der Waals surface area (Å²) in [4.78, 5) is 16.1. The zero-order valence-electron chi connectivity index (χ0n) is 13.4. The normalized spacial score (nSPS) is 19.8. The number of carbonyl (C=O) groups is 1. The van der Waals surface area contributed by atoms with E-state index in [0.29, 0.717) is 12.5 Å². The van der Waals surface area contributed by atoms with Gasteiger partial charge in [-0.05, 0) is 23.1 Å². The molecule has 0 bridgehead atoms. The minimum Gasteiger partial charge on any atom is -0.333 e. The number of quaternary nitrogens is 1. The molecule has 2 aromatic carbocycles. The second kappa shape index (κ2) is 6.17. The number of nitrogens with zero attached hydrogens (tertiary/aromatic N) is 1. The fourth-order valence-electron chi connectivity index (χ4n) is 3.83. The highest BCUT2D eigenvalue weighted by atomic mass is 16.2. The molecular formula is C20H23N2O+. The summed E-state index contributed by atoms with van der Waals surface area (Å²) in [6, 6.07) is 17.1. The molecule has 1 unspecified atom stereocenters. The molecule has 1 N–H and O–H groups in total. The molecule has 2 aliphatic rings. The Labute approximate surface area is 137 Å². The van der Waals surface area contributed by atoms with Crippen LogP contribution in [0.4, 0.5) is 0 Å². The van der Waals surface area contributed by atoms with Gasteiger partial charge in [0, 0.05) is 25.1 Å². The summed E-state index contributed by atoms with van der Waals surface area (Å²) < 4.78 is 0. The first kappa shape index (κ1) is 14.5. The Morgan fingerprint density at radius 3 is 2.35 bits per heavy atom. The van der Waals surface area contributed by atoms with Gasteiger partial charge in [-0.1, -0.05) is 48.5 Å². The number of fused-ring (bicyclic) bond motifs is 2. The van der Waals surface area contributed by atoms with Crippen LogP contribution in [0, 0.1) is 0 Å². The van der Waals surface area contributed by atoms with Gasteiger partial charge in [0.05, 0.1) is 6.54 Å². The van der Waals surface area contributed by atoms with E-state index in [9.17, 15) is 4.79 Å². The van der Waals surface area contributed by atoms with Crippen LogP contribution in [0.3, 0.4) is 0 Å². The molecule has 2 heterocycles. The van der Waals surface area contributed by atoms with E-state index in [0.717, 1.165) is 39.0 Å². The van der Waals surface area contributed by atoms with Crippen molar-refractivity contribution < 1.29 is 9.69 Å². The highest BCUT2D eigenvalue weighted by Crippen LogP contribution is 2.18. The van der Waals surface area contributed by atoms with Crippen molar-refractivity contribution in [3.63, 3.8) is 0 Å². The molecule has 1 atom stereocenters. The summed E-state index contributed by atoms with van der Waals surface area (Å²) in [5, 5.41) is 0. The average molecular weight is 307 g/mol. The number of amides is 1. The van der Waals surface area contributed by atoms with Crippen molar-refractivity contribution in [2.45, 2.75) is 25.9 Å². The van der Waals surface area contributed by atoms with Crippen LogP contribution in [-0.2, 0) is 30.7 Å². The fraction of sp³-hybridized carbons (Fsp3) is 0.350. The Hall–Kier alpha value is -2.13. The molecule has 0 aliphatic carbocycles. The summed E-state index contributed by atoms with van der Waals surface area (Å²) in [7, 11) is 0. The van der Waals surface area contributed by atoms with Crippen molar-refractivity contribution in [3.8, 4) is 0 Å². The third kappa shape index (κ3) is 3.02. The van der Waals surface area contributed by atoms with Gasteiger partial charge in [-0.25, -0.2) is 0 Å². The van der Waals surface area contributed by atoms with Crippen LogP contribution in [0.25, 0.3) is 0 Å². The highest BCUT2D eigenvalue weighted by molar-refractivity contribution is 5.77. The van der Waals surface area contributed by atoms with Gasteiger partial charge >= 0.3 is 0 Å². The number of benzene rings is 2. The number of carbonyl (C=O) groups excluding carboxylic acids is 1. The minimum absolute atomic E-state index is 0.300. The van der Waals surface area contributed by atoms with Gasteiger partial charge in [-0.3, -0.25) is 4.79 Å². The number of hydrogen-bond acceptors (Lipinski definition) is 1. The van der Waals surface area contributed by atoms with Crippen LogP contribution in [0.1, 0.15) is 22.3 Å². The van der Waals surface area contributed by atoms with Gasteiger partial charge in [-0.2, -0.15) is 0 Å². The Morgan fingerprint density at radius 2 is 1.57 bits per heavy atom. The number of nitrogens with one attached hydrogen (secondary N) is 1. The van der Waals surface area contributed by atoms with Crippen molar-refractivity contribution in [1.82, 2.24) is 4.90 Å². The Morgan fingerprint density at radius 1 is 0.913 bits per heavy atom. The maximum atomic E-state index is 12.7. The third-order valence-corrected chi connectivity index (χ3v) is 5.19. The molecule has 0 saturated carbocycles. The molecule has 0 saturated heterocycles. The Bertz CT molecular complexity index is 725. The largest absolute Gasteiger partial charge is 0.333 e. The summed E-state index contributed by atoms with van der Waals surface area (Å²) in [5.74, 6) is 0.300. The lowest BCUT2D eigenvalue weighted by atomic mass is 9.99. The Balaban J connectivity index is 1.40. The third-order valence-electron chi connectivity index (χ3n) is 5.19. The fourth-order valence-corrected chi connectivity index (χ4v) is 3.83. The molecule has 23 heavy (non-hydrogen) atoms. The predicted molar refractivity (Wildman–Crippen MR) is 90.1 cm³/mol. The zero-order valence-corrected chi connectivity index (χ0v) is 13.4. The molecule has 1 amide bonds. The quantitative estimate of drug-likeness (QED) is 0.886. The maximum Gasteiger partial charge on any atom is 0.278 e. The van der Waals surface area contributed by atoms with Gasteiger partial charge in [0.2, 0.25) is 0 Å². The number of hydrogen-bond donors (Lipinski definition) is 1. The van der Waals surface area contributed by atoms with Crippen LogP contribution in [-0.4, -0.2) is 30.4 Å². The van der Waals surface area contributed by atoms with Gasteiger partial charge in [-0.15, -0.1) is 0 Å². The second-order valence-electron chi connectivity index (χ2n) is 6.71. The monoisotopic (exact) mass is 307 g/mol. The average Bonchev–Trinajstić information content (AvgIpc) is 2.61. The van der Waals surface area contributed by atoms with Crippen LogP contribution in [0.15, 0.2) is 48.5 Å². The van der Waals surface area contributed by atoms with Crippen molar-refractivity contribution >= 4 is 5.91 Å². The first-order valence-electron chi connectivity index (χ1n) is 8.54. The van der Waals surface area contributed by atoms with E-state index in [1.807, 2.05) is 4.90 Å². The van der Waals surface area contributed by atoms with E-state index >= 15 is 0 Å². The van der Waals surface area contributed by atoms with Crippen molar-refractivity contribution in [2.24, 2.45) is 0 Å². The summed E-state index contributed by atoms with van der Waals surface area (Å²) in [5.41, 5.74) is 5.57. The molecule has 4 rings (SSSR count). The molecular weight excluding hydrogens is 284 g/mol. The van der Waals surface area contributed by atoms with E-state index < -0.39 is 0 Å².